The number of halogens is 1. The Labute approximate surface area is 237 Å². The third-order valence-electron chi connectivity index (χ3n) is 6.75. The number of hydrogen-bond donors (Lipinski definition) is 1. The Morgan fingerprint density at radius 3 is 2.44 bits per heavy atom. The van der Waals surface area contributed by atoms with Gasteiger partial charge in [-0.05, 0) is 91.4 Å². The number of carbonyl (C=O) groups excluding carboxylic acids is 3. The Morgan fingerprint density at radius 1 is 1.03 bits per heavy atom. The molecule has 0 bridgehead atoms. The maximum atomic E-state index is 12.7. The number of amides is 2. The van der Waals surface area contributed by atoms with E-state index in [0.29, 0.717) is 23.0 Å². The molecule has 1 heterocycles. The van der Waals surface area contributed by atoms with Crippen molar-refractivity contribution in [1.82, 2.24) is 0 Å². The third kappa shape index (κ3) is 6.87. The fourth-order valence-corrected chi connectivity index (χ4v) is 4.96. The molecule has 0 saturated carbocycles. The molecular weight excluding hydrogens is 560 g/mol. The summed E-state index contributed by atoms with van der Waals surface area (Å²) in [5.41, 5.74) is 5.44. The number of benzene rings is 3. The fourth-order valence-electron chi connectivity index (χ4n) is 4.50. The standard InChI is InChI=1S/C31H33BrN2O5/c1-18(2)25-11-6-19(3)12-28(25)39-24-9-7-23(8-10-24)34-16-22(15-30(34)36)31(37)38-17-29(35)33-27-14-20(4)26(32)13-21(27)5/h6-14,18,22H,15-17H2,1-5H3,(H,33,35)/t22-/m1/s1. The predicted octanol–water partition coefficient (Wildman–Crippen LogP) is 6.82. The summed E-state index contributed by atoms with van der Waals surface area (Å²) in [6.07, 6.45) is 0.0325. The first-order valence-corrected chi connectivity index (χ1v) is 13.7. The summed E-state index contributed by atoms with van der Waals surface area (Å²) in [6.45, 7) is 9.86. The van der Waals surface area contributed by atoms with E-state index in [-0.39, 0.29) is 18.9 Å². The molecule has 1 fully saturated rings. The van der Waals surface area contributed by atoms with E-state index in [4.69, 9.17) is 9.47 Å². The highest BCUT2D eigenvalue weighted by Gasteiger charge is 2.36. The summed E-state index contributed by atoms with van der Waals surface area (Å²) < 4.78 is 12.4. The summed E-state index contributed by atoms with van der Waals surface area (Å²) in [4.78, 5) is 39.3. The number of anilines is 2. The van der Waals surface area contributed by atoms with Crippen molar-refractivity contribution in [2.24, 2.45) is 5.92 Å². The molecule has 1 aliphatic heterocycles. The maximum absolute atomic E-state index is 12.7. The molecule has 1 atom stereocenters. The summed E-state index contributed by atoms with van der Waals surface area (Å²) in [7, 11) is 0. The molecule has 1 N–H and O–H groups in total. The van der Waals surface area contributed by atoms with Crippen LogP contribution in [0.5, 0.6) is 11.5 Å². The van der Waals surface area contributed by atoms with Gasteiger partial charge in [-0.25, -0.2) is 0 Å². The second-order valence-electron chi connectivity index (χ2n) is 10.3. The number of esters is 1. The lowest BCUT2D eigenvalue weighted by atomic mass is 10.0. The summed E-state index contributed by atoms with van der Waals surface area (Å²) in [5, 5.41) is 2.78. The minimum Gasteiger partial charge on any atom is -0.457 e. The molecule has 0 unspecified atom stereocenters. The Hall–Kier alpha value is -3.65. The molecule has 1 aliphatic rings. The molecule has 3 aromatic carbocycles. The van der Waals surface area contributed by atoms with Gasteiger partial charge in [0.25, 0.3) is 5.91 Å². The van der Waals surface area contributed by atoms with Crippen molar-refractivity contribution in [2.45, 2.75) is 47.0 Å². The third-order valence-corrected chi connectivity index (χ3v) is 7.61. The molecule has 0 spiro atoms. The van der Waals surface area contributed by atoms with Crippen molar-refractivity contribution in [1.29, 1.82) is 0 Å². The van der Waals surface area contributed by atoms with Gasteiger partial charge in [-0.2, -0.15) is 0 Å². The summed E-state index contributed by atoms with van der Waals surface area (Å²) in [6, 6.07) is 17.2. The molecule has 1 saturated heterocycles. The van der Waals surface area contributed by atoms with Crippen molar-refractivity contribution in [3.8, 4) is 11.5 Å². The Kier molecular flexibility index (Phi) is 8.75. The minimum absolute atomic E-state index is 0.0325. The zero-order valence-corrected chi connectivity index (χ0v) is 24.4. The normalized spacial score (nSPS) is 15.0. The smallest absolute Gasteiger partial charge is 0.311 e. The van der Waals surface area contributed by atoms with Gasteiger partial charge in [-0.15, -0.1) is 0 Å². The van der Waals surface area contributed by atoms with Gasteiger partial charge in [0.05, 0.1) is 5.92 Å². The topological polar surface area (TPSA) is 84.9 Å². The lowest BCUT2D eigenvalue weighted by Gasteiger charge is -2.18. The number of nitrogens with one attached hydrogen (secondary N) is 1. The largest absolute Gasteiger partial charge is 0.457 e. The molecule has 2 amide bonds. The molecule has 8 heteroatoms. The number of ether oxygens (including phenoxy) is 2. The number of aryl methyl sites for hydroxylation is 3. The highest BCUT2D eigenvalue weighted by atomic mass is 79.9. The molecule has 0 radical (unpaired) electrons. The van der Waals surface area contributed by atoms with E-state index in [0.717, 1.165) is 32.5 Å². The van der Waals surface area contributed by atoms with Crippen molar-refractivity contribution >= 4 is 45.1 Å². The van der Waals surface area contributed by atoms with Crippen LogP contribution in [-0.4, -0.2) is 30.9 Å². The van der Waals surface area contributed by atoms with Crippen molar-refractivity contribution in [3.05, 3.63) is 81.3 Å². The lowest BCUT2D eigenvalue weighted by molar-refractivity contribution is -0.151. The zero-order valence-electron chi connectivity index (χ0n) is 22.8. The van der Waals surface area contributed by atoms with Gasteiger partial charge in [0.15, 0.2) is 6.61 Å². The number of hydrogen-bond acceptors (Lipinski definition) is 5. The molecule has 0 aromatic heterocycles. The van der Waals surface area contributed by atoms with E-state index in [1.165, 1.54) is 0 Å². The van der Waals surface area contributed by atoms with Crippen LogP contribution in [0.15, 0.2) is 59.1 Å². The van der Waals surface area contributed by atoms with E-state index in [1.54, 1.807) is 4.90 Å². The van der Waals surface area contributed by atoms with Gasteiger partial charge in [-0.1, -0.05) is 41.9 Å². The van der Waals surface area contributed by atoms with Gasteiger partial charge in [0.1, 0.15) is 11.5 Å². The fraction of sp³-hybridized carbons (Fsp3) is 0.323. The molecule has 39 heavy (non-hydrogen) atoms. The first-order valence-electron chi connectivity index (χ1n) is 12.9. The van der Waals surface area contributed by atoms with Crippen LogP contribution in [0.25, 0.3) is 0 Å². The summed E-state index contributed by atoms with van der Waals surface area (Å²) in [5.74, 6) is -0.0117. The SMILES string of the molecule is Cc1ccc(C(C)C)c(Oc2ccc(N3C[C@H](C(=O)OCC(=O)Nc4cc(C)c(Br)cc4C)CC3=O)cc2)c1. The van der Waals surface area contributed by atoms with Crippen LogP contribution in [-0.2, 0) is 19.1 Å². The van der Waals surface area contributed by atoms with E-state index in [2.05, 4.69) is 47.2 Å². The van der Waals surface area contributed by atoms with Gasteiger partial charge in [-0.3, -0.25) is 14.4 Å². The van der Waals surface area contributed by atoms with E-state index >= 15 is 0 Å². The van der Waals surface area contributed by atoms with Crippen LogP contribution in [0.2, 0.25) is 0 Å². The molecule has 7 nitrogen and oxygen atoms in total. The van der Waals surface area contributed by atoms with Crippen molar-refractivity contribution in [3.63, 3.8) is 0 Å². The van der Waals surface area contributed by atoms with E-state index < -0.39 is 24.4 Å². The predicted molar refractivity (Wildman–Crippen MR) is 155 cm³/mol. The monoisotopic (exact) mass is 592 g/mol. The highest BCUT2D eigenvalue weighted by Crippen LogP contribution is 2.33. The molecule has 0 aliphatic carbocycles. The van der Waals surface area contributed by atoms with Crippen LogP contribution in [0.3, 0.4) is 0 Å². The van der Waals surface area contributed by atoms with Crippen LogP contribution in [0.1, 0.15) is 48.4 Å². The Balaban J connectivity index is 1.33. The van der Waals surface area contributed by atoms with Gasteiger partial charge in [0.2, 0.25) is 5.91 Å². The average Bonchev–Trinajstić information content (AvgIpc) is 3.28. The van der Waals surface area contributed by atoms with Crippen LogP contribution >= 0.6 is 15.9 Å². The van der Waals surface area contributed by atoms with Crippen LogP contribution in [0, 0.1) is 26.7 Å². The second kappa shape index (κ2) is 12.0. The number of nitrogens with zero attached hydrogens (tertiary/aromatic N) is 1. The van der Waals surface area contributed by atoms with Crippen LogP contribution < -0.4 is 15.0 Å². The van der Waals surface area contributed by atoms with Crippen molar-refractivity contribution < 1.29 is 23.9 Å². The highest BCUT2D eigenvalue weighted by molar-refractivity contribution is 9.10. The first-order chi connectivity index (χ1) is 18.5. The second-order valence-corrected chi connectivity index (χ2v) is 11.1. The number of rotatable bonds is 8. The van der Waals surface area contributed by atoms with E-state index in [1.807, 2.05) is 63.2 Å². The minimum atomic E-state index is -0.640. The Morgan fingerprint density at radius 2 is 1.74 bits per heavy atom. The Bertz CT molecular complexity index is 1400. The quantitative estimate of drug-likeness (QED) is 0.290. The number of carbonyl (C=O) groups is 3. The van der Waals surface area contributed by atoms with Crippen molar-refractivity contribution in [2.75, 3.05) is 23.4 Å². The lowest BCUT2D eigenvalue weighted by Crippen LogP contribution is -2.28. The summed E-state index contributed by atoms with van der Waals surface area (Å²) >= 11 is 3.47. The molecule has 204 valence electrons. The van der Waals surface area contributed by atoms with Gasteiger partial charge >= 0.3 is 5.97 Å². The molecule has 3 aromatic rings. The molecular formula is C31H33BrN2O5. The van der Waals surface area contributed by atoms with Gasteiger partial charge in [0, 0.05) is 28.8 Å². The maximum Gasteiger partial charge on any atom is 0.311 e. The molecule has 4 rings (SSSR count). The zero-order chi connectivity index (χ0) is 28.3. The van der Waals surface area contributed by atoms with Crippen LogP contribution in [0.4, 0.5) is 11.4 Å². The average molecular weight is 594 g/mol. The van der Waals surface area contributed by atoms with E-state index in [9.17, 15) is 14.4 Å². The van der Waals surface area contributed by atoms with Gasteiger partial charge < -0.3 is 19.7 Å². The first kappa shape index (κ1) is 28.4.